The summed E-state index contributed by atoms with van der Waals surface area (Å²) in [6.45, 7) is 0. The van der Waals surface area contributed by atoms with Crippen molar-refractivity contribution in [2.45, 2.75) is 49.6 Å². The van der Waals surface area contributed by atoms with E-state index in [1.807, 2.05) is 18.2 Å². The van der Waals surface area contributed by atoms with Gasteiger partial charge in [0.2, 0.25) is 5.91 Å². The molecule has 1 saturated carbocycles. The van der Waals surface area contributed by atoms with Crippen LogP contribution in [0.15, 0.2) is 47.3 Å². The summed E-state index contributed by atoms with van der Waals surface area (Å²) in [5, 5.41) is 9.31. The number of benzene rings is 1. The molecule has 23 heavy (non-hydrogen) atoms. The van der Waals surface area contributed by atoms with Gasteiger partial charge in [-0.25, -0.2) is 0 Å². The van der Waals surface area contributed by atoms with E-state index in [0.29, 0.717) is 6.42 Å². The van der Waals surface area contributed by atoms with Gasteiger partial charge < -0.3 is 5.73 Å². The molecule has 2 unspecified atom stereocenters. The number of hydrogen-bond donors (Lipinski definition) is 1. The molecule has 1 aromatic carbocycles. The number of hydrogen-bond acceptors (Lipinski definition) is 3. The van der Waals surface area contributed by atoms with Gasteiger partial charge in [-0.15, -0.1) is 0 Å². The van der Waals surface area contributed by atoms with Crippen molar-refractivity contribution in [1.29, 1.82) is 5.26 Å². The van der Waals surface area contributed by atoms with Crippen LogP contribution in [-0.4, -0.2) is 22.9 Å². The largest absolute Gasteiger partial charge is 0.319 e. The fourth-order valence-corrected chi connectivity index (χ4v) is 4.21. The second-order valence-corrected chi connectivity index (χ2v) is 6.72. The van der Waals surface area contributed by atoms with Crippen LogP contribution in [0, 0.1) is 11.3 Å². The van der Waals surface area contributed by atoms with Crippen LogP contribution < -0.4 is 5.73 Å². The molecular formula is C19H19N3O. The highest BCUT2D eigenvalue weighted by molar-refractivity contribution is 5.88. The molecule has 4 nitrogen and oxygen atoms in total. The second kappa shape index (κ2) is 5.09. The average molecular weight is 305 g/mol. The van der Waals surface area contributed by atoms with E-state index in [2.05, 4.69) is 23.9 Å². The van der Waals surface area contributed by atoms with Crippen LogP contribution in [0.4, 0.5) is 0 Å². The molecule has 1 aromatic rings. The standard InChI is InChI=1S/C19H19N3O/c20-12-15-10-13-11-16(13)22(15)18(23)17(21)19(8-4-5-9-19)14-6-2-1-3-7-14/h1-3,6-7,15,17H,4-5,8-10,21H2. The van der Waals surface area contributed by atoms with Crippen LogP contribution in [-0.2, 0) is 10.2 Å². The molecule has 2 atom stereocenters. The van der Waals surface area contributed by atoms with Gasteiger partial charge in [0.05, 0.1) is 17.8 Å². The number of likely N-dealkylation sites (tertiary alicyclic amines) is 1. The van der Waals surface area contributed by atoms with Crippen LogP contribution in [0.25, 0.3) is 0 Å². The van der Waals surface area contributed by atoms with E-state index in [9.17, 15) is 10.1 Å². The Labute approximate surface area is 135 Å². The smallest absolute Gasteiger partial charge is 0.246 e. The van der Waals surface area contributed by atoms with E-state index in [0.717, 1.165) is 42.5 Å². The minimum Gasteiger partial charge on any atom is -0.319 e. The fourth-order valence-electron chi connectivity index (χ4n) is 4.21. The van der Waals surface area contributed by atoms with Crippen LogP contribution in [0.3, 0.4) is 0 Å². The van der Waals surface area contributed by atoms with Crippen molar-refractivity contribution >= 4 is 5.91 Å². The number of nitrogens with zero attached hydrogens (tertiary/aromatic N) is 2. The lowest BCUT2D eigenvalue weighted by atomic mass is 9.72. The van der Waals surface area contributed by atoms with E-state index in [4.69, 9.17) is 5.73 Å². The molecular weight excluding hydrogens is 286 g/mol. The second-order valence-electron chi connectivity index (χ2n) is 6.72. The van der Waals surface area contributed by atoms with Crippen molar-refractivity contribution in [2.24, 2.45) is 5.73 Å². The molecule has 0 radical (unpaired) electrons. The molecule has 0 aromatic heterocycles. The van der Waals surface area contributed by atoms with Gasteiger partial charge in [0.15, 0.2) is 0 Å². The van der Waals surface area contributed by atoms with Crippen molar-refractivity contribution in [1.82, 2.24) is 4.90 Å². The van der Waals surface area contributed by atoms with E-state index >= 15 is 0 Å². The van der Waals surface area contributed by atoms with Crippen LogP contribution in [0.5, 0.6) is 0 Å². The maximum Gasteiger partial charge on any atom is 0.246 e. The zero-order valence-electron chi connectivity index (χ0n) is 13.0. The van der Waals surface area contributed by atoms with E-state index in [1.165, 1.54) is 0 Å². The topological polar surface area (TPSA) is 70.1 Å². The predicted octanol–water partition coefficient (Wildman–Crippen LogP) is 2.37. The molecule has 0 bridgehead atoms. The van der Waals surface area contributed by atoms with Gasteiger partial charge in [-0.05, 0) is 18.4 Å². The third-order valence-corrected chi connectivity index (χ3v) is 5.54. The molecule has 2 N–H and O–H groups in total. The normalized spacial score (nSPS) is 25.2. The maximum atomic E-state index is 13.1. The monoisotopic (exact) mass is 305 g/mol. The summed E-state index contributed by atoms with van der Waals surface area (Å²) in [6.07, 6.45) is 4.62. The molecule has 3 aliphatic rings. The number of carbonyl (C=O) groups excluding carboxylic acids is 1. The summed E-state index contributed by atoms with van der Waals surface area (Å²) in [5.74, 6) is -0.127. The Balaban J connectivity index is 1.66. The highest BCUT2D eigenvalue weighted by atomic mass is 16.2. The molecule has 0 spiro atoms. The zero-order chi connectivity index (χ0) is 16.0. The predicted molar refractivity (Wildman–Crippen MR) is 86.0 cm³/mol. The maximum absolute atomic E-state index is 13.1. The number of rotatable bonds is 3. The van der Waals surface area contributed by atoms with Gasteiger partial charge in [0, 0.05) is 17.4 Å². The number of nitriles is 1. The fraction of sp³-hybridized carbons (Fsp3) is 0.421. The van der Waals surface area contributed by atoms with Crippen LogP contribution in [0.2, 0.25) is 0 Å². The molecule has 4 heteroatoms. The zero-order valence-corrected chi connectivity index (χ0v) is 13.0. The lowest BCUT2D eigenvalue weighted by Gasteiger charge is -2.37. The minimum atomic E-state index is -0.613. The first-order valence-corrected chi connectivity index (χ1v) is 8.21. The summed E-state index contributed by atoms with van der Waals surface area (Å²) >= 11 is 0. The van der Waals surface area contributed by atoms with Crippen molar-refractivity contribution in [2.75, 3.05) is 0 Å². The minimum absolute atomic E-state index is 0.127. The first-order chi connectivity index (χ1) is 11.2. The number of fused-ring (bicyclic) bond motifs is 1. The highest BCUT2D eigenvalue weighted by Gasteiger charge is 2.50. The number of carbonyl (C=O) groups is 1. The van der Waals surface area contributed by atoms with Gasteiger partial charge >= 0.3 is 0 Å². The van der Waals surface area contributed by atoms with Gasteiger partial charge in [0.1, 0.15) is 6.04 Å². The highest BCUT2D eigenvalue weighted by Crippen LogP contribution is 2.46. The molecule has 1 amide bonds. The van der Waals surface area contributed by atoms with Gasteiger partial charge in [-0.1, -0.05) is 48.9 Å². The first kappa shape index (κ1) is 14.3. The van der Waals surface area contributed by atoms with Crippen molar-refractivity contribution in [3.8, 4) is 6.07 Å². The summed E-state index contributed by atoms with van der Waals surface area (Å²) < 4.78 is 0. The Kier molecular flexibility index (Phi) is 3.16. The van der Waals surface area contributed by atoms with Gasteiger partial charge in [-0.2, -0.15) is 5.26 Å². The lowest BCUT2D eigenvalue weighted by molar-refractivity contribution is -0.132. The lowest BCUT2D eigenvalue weighted by Crippen LogP contribution is -2.55. The number of nitrogens with two attached hydrogens (primary N) is 1. The third-order valence-electron chi connectivity index (χ3n) is 5.54. The Bertz CT molecular complexity index is 762. The number of amides is 1. The molecule has 1 saturated heterocycles. The van der Waals surface area contributed by atoms with Crippen molar-refractivity contribution in [3.05, 3.63) is 52.9 Å². The van der Waals surface area contributed by atoms with Crippen molar-refractivity contribution in [3.63, 3.8) is 0 Å². The SMILES string of the molecule is N#CC1CC2=C=C2N1C(=O)C(N)C1(c2ccccc2)CCCC1. The van der Waals surface area contributed by atoms with E-state index in [-0.39, 0.29) is 11.3 Å². The Morgan fingerprint density at radius 2 is 2.04 bits per heavy atom. The molecule has 4 rings (SSSR count). The van der Waals surface area contributed by atoms with E-state index < -0.39 is 12.1 Å². The van der Waals surface area contributed by atoms with Gasteiger partial charge in [0.25, 0.3) is 0 Å². The summed E-state index contributed by atoms with van der Waals surface area (Å²) in [7, 11) is 0. The average Bonchev–Trinajstić information content (AvgIpc) is 3.03. The molecule has 2 fully saturated rings. The molecule has 1 heterocycles. The van der Waals surface area contributed by atoms with Crippen LogP contribution >= 0.6 is 0 Å². The Morgan fingerprint density at radius 1 is 1.35 bits per heavy atom. The van der Waals surface area contributed by atoms with Crippen molar-refractivity contribution < 1.29 is 4.79 Å². The summed E-state index contributed by atoms with van der Waals surface area (Å²) in [6, 6.07) is 11.3. The quantitative estimate of drug-likeness (QED) is 0.872. The molecule has 1 aliphatic heterocycles. The molecule has 2 aliphatic carbocycles. The Hall–Kier alpha value is -2.34. The Morgan fingerprint density at radius 3 is 2.70 bits per heavy atom. The van der Waals surface area contributed by atoms with Gasteiger partial charge in [-0.3, -0.25) is 9.69 Å². The summed E-state index contributed by atoms with van der Waals surface area (Å²) in [5.41, 5.74) is 12.3. The molecule has 116 valence electrons. The van der Waals surface area contributed by atoms with Crippen LogP contribution in [0.1, 0.15) is 37.7 Å². The first-order valence-electron chi connectivity index (χ1n) is 8.21. The third kappa shape index (κ3) is 2.05. The van der Waals surface area contributed by atoms with E-state index in [1.54, 1.807) is 4.90 Å². The summed E-state index contributed by atoms with van der Waals surface area (Å²) in [4.78, 5) is 14.7.